The van der Waals surface area contributed by atoms with Gasteiger partial charge in [0.25, 0.3) is 0 Å². The highest BCUT2D eigenvalue weighted by Crippen LogP contribution is 2.16. The van der Waals surface area contributed by atoms with Gasteiger partial charge in [0, 0.05) is 16.6 Å². The number of carbonyl (C=O) groups excluding carboxylic acids is 1. The quantitative estimate of drug-likeness (QED) is 0.527. The van der Waals surface area contributed by atoms with Gasteiger partial charge in [0.1, 0.15) is 0 Å². The van der Waals surface area contributed by atoms with Crippen LogP contribution in [0.1, 0.15) is 20.3 Å². The first-order valence-electron chi connectivity index (χ1n) is 3.23. The Morgan fingerprint density at radius 3 is 2.80 bits per heavy atom. The molecule has 3 heteroatoms. The summed E-state index contributed by atoms with van der Waals surface area (Å²) in [5.41, 5.74) is 0. The molecule has 2 atom stereocenters. The van der Waals surface area contributed by atoms with Crippen molar-refractivity contribution in [1.82, 2.24) is 0 Å². The van der Waals surface area contributed by atoms with Crippen molar-refractivity contribution in [1.29, 1.82) is 0 Å². The molecule has 0 aromatic rings. The van der Waals surface area contributed by atoms with E-state index in [1.807, 2.05) is 6.92 Å². The summed E-state index contributed by atoms with van der Waals surface area (Å²) in [6, 6.07) is 0. The molecule has 0 aliphatic carbocycles. The number of ketones is 1. The Bertz CT molecular complexity index is 218. The first-order valence-corrected chi connectivity index (χ1v) is 4.44. The van der Waals surface area contributed by atoms with E-state index in [1.54, 1.807) is 6.92 Å². The maximum atomic E-state index is 11.2. The predicted octanol–water partition coefficient (Wildman–Crippen LogP) is 1.00. The number of rotatable bonds is 0. The summed E-state index contributed by atoms with van der Waals surface area (Å²) < 4.78 is 11.2. The van der Waals surface area contributed by atoms with Crippen molar-refractivity contribution in [3.63, 3.8) is 0 Å². The zero-order valence-corrected chi connectivity index (χ0v) is 6.90. The van der Waals surface area contributed by atoms with Gasteiger partial charge in [-0.1, -0.05) is 6.92 Å². The van der Waals surface area contributed by atoms with Gasteiger partial charge in [-0.25, -0.2) is 0 Å². The van der Waals surface area contributed by atoms with Crippen molar-refractivity contribution in [3.8, 4) is 0 Å². The molecule has 0 aromatic carbocycles. The summed E-state index contributed by atoms with van der Waals surface area (Å²) >= 11 is 0. The van der Waals surface area contributed by atoms with Crippen LogP contribution in [0.3, 0.4) is 0 Å². The summed E-state index contributed by atoms with van der Waals surface area (Å²) in [5.74, 6) is 0.101. The fraction of sp³-hybridized carbons (Fsp3) is 0.571. The van der Waals surface area contributed by atoms with Crippen LogP contribution in [0.4, 0.5) is 0 Å². The molecule has 1 heterocycles. The second-order valence-corrected chi connectivity index (χ2v) is 4.58. The van der Waals surface area contributed by atoms with Gasteiger partial charge < -0.3 is 0 Å². The number of hydrogen-bond donors (Lipinski definition) is 0. The molecule has 2 unspecified atom stereocenters. The van der Waals surface area contributed by atoms with Gasteiger partial charge >= 0.3 is 0 Å². The van der Waals surface area contributed by atoms with E-state index < -0.39 is 10.8 Å². The molecule has 1 rings (SSSR count). The van der Waals surface area contributed by atoms with Gasteiger partial charge in [0.2, 0.25) is 0 Å². The van der Waals surface area contributed by atoms with Crippen LogP contribution in [0.25, 0.3) is 0 Å². The molecule has 0 bridgehead atoms. The van der Waals surface area contributed by atoms with Crippen molar-refractivity contribution in [3.05, 3.63) is 11.0 Å². The predicted molar refractivity (Wildman–Crippen MR) is 41.0 cm³/mol. The summed E-state index contributed by atoms with van der Waals surface area (Å²) in [6.07, 6.45) is 1.92. The molecule has 0 saturated carbocycles. The van der Waals surface area contributed by atoms with Crippen molar-refractivity contribution >= 4 is 16.6 Å². The molecular weight excluding hydrogens is 148 g/mol. The van der Waals surface area contributed by atoms with Crippen molar-refractivity contribution in [2.24, 2.45) is 0 Å². The van der Waals surface area contributed by atoms with Gasteiger partial charge in [0.15, 0.2) is 5.78 Å². The molecule has 0 amide bonds. The van der Waals surface area contributed by atoms with Crippen molar-refractivity contribution < 1.29 is 9.00 Å². The van der Waals surface area contributed by atoms with Gasteiger partial charge in [-0.15, -0.1) is 0 Å². The fourth-order valence-corrected chi connectivity index (χ4v) is 2.22. The van der Waals surface area contributed by atoms with Gasteiger partial charge in [-0.3, -0.25) is 9.00 Å². The van der Waals surface area contributed by atoms with Crippen LogP contribution in [0.15, 0.2) is 11.0 Å². The number of carbonyl (C=O) groups is 1. The lowest BCUT2D eigenvalue weighted by Crippen LogP contribution is -2.20. The standard InChI is InChI=1S/C7H10O2S/c1-5-3-7(8)4-6(2)10(5)9/h3,6H,4H2,1-2H3. The Kier molecular flexibility index (Phi) is 2.04. The van der Waals surface area contributed by atoms with E-state index in [0.29, 0.717) is 11.3 Å². The zero-order valence-electron chi connectivity index (χ0n) is 6.09. The summed E-state index contributed by atoms with van der Waals surface area (Å²) in [6.45, 7) is 3.58. The molecule has 0 fully saturated rings. The van der Waals surface area contributed by atoms with Crippen LogP contribution in [0, 0.1) is 0 Å². The zero-order chi connectivity index (χ0) is 7.72. The molecule has 0 N–H and O–H groups in total. The maximum Gasteiger partial charge on any atom is 0.157 e. The molecule has 0 aromatic heterocycles. The molecule has 2 nitrogen and oxygen atoms in total. The van der Waals surface area contributed by atoms with E-state index in [-0.39, 0.29) is 11.0 Å². The SMILES string of the molecule is CC1=CC(=O)CC(C)S1=O. The molecule has 56 valence electrons. The van der Waals surface area contributed by atoms with Crippen LogP contribution in [-0.2, 0) is 15.6 Å². The minimum Gasteiger partial charge on any atom is -0.295 e. The lowest BCUT2D eigenvalue weighted by atomic mass is 10.2. The van der Waals surface area contributed by atoms with E-state index in [9.17, 15) is 9.00 Å². The van der Waals surface area contributed by atoms with E-state index in [4.69, 9.17) is 0 Å². The van der Waals surface area contributed by atoms with Crippen LogP contribution in [0.2, 0.25) is 0 Å². The Morgan fingerprint density at radius 2 is 2.30 bits per heavy atom. The minimum absolute atomic E-state index is 0.0116. The lowest BCUT2D eigenvalue weighted by Gasteiger charge is -2.14. The monoisotopic (exact) mass is 158 g/mol. The number of allylic oxidation sites excluding steroid dienone is 2. The Hall–Kier alpha value is -0.440. The largest absolute Gasteiger partial charge is 0.295 e. The summed E-state index contributed by atoms with van der Waals surface area (Å²) in [5, 5.41) is 0.0116. The van der Waals surface area contributed by atoms with E-state index in [1.165, 1.54) is 6.08 Å². The third-order valence-electron chi connectivity index (χ3n) is 1.54. The number of hydrogen-bond acceptors (Lipinski definition) is 2. The molecule has 0 radical (unpaired) electrons. The highest BCUT2D eigenvalue weighted by Gasteiger charge is 2.21. The smallest absolute Gasteiger partial charge is 0.157 e. The van der Waals surface area contributed by atoms with Gasteiger partial charge in [-0.05, 0) is 13.0 Å². The summed E-state index contributed by atoms with van der Waals surface area (Å²) in [7, 11) is -0.910. The minimum atomic E-state index is -0.910. The first kappa shape index (κ1) is 7.66. The maximum absolute atomic E-state index is 11.2. The third-order valence-corrected chi connectivity index (χ3v) is 3.19. The third kappa shape index (κ3) is 1.34. The second kappa shape index (κ2) is 2.66. The average molecular weight is 158 g/mol. The Morgan fingerprint density at radius 1 is 1.70 bits per heavy atom. The first-order chi connectivity index (χ1) is 4.61. The summed E-state index contributed by atoms with van der Waals surface area (Å²) in [4.78, 5) is 11.5. The van der Waals surface area contributed by atoms with E-state index in [2.05, 4.69) is 0 Å². The average Bonchev–Trinajstić information content (AvgIpc) is 1.82. The molecule has 1 aliphatic heterocycles. The van der Waals surface area contributed by atoms with Crippen molar-refractivity contribution in [2.45, 2.75) is 25.5 Å². The van der Waals surface area contributed by atoms with Crippen LogP contribution in [-0.4, -0.2) is 15.2 Å². The molecule has 0 saturated heterocycles. The highest BCUT2D eigenvalue weighted by atomic mass is 32.2. The Labute approximate surface area is 62.8 Å². The molecular formula is C7H10O2S. The van der Waals surface area contributed by atoms with Crippen molar-refractivity contribution in [2.75, 3.05) is 0 Å². The van der Waals surface area contributed by atoms with Crippen LogP contribution < -0.4 is 0 Å². The van der Waals surface area contributed by atoms with Crippen LogP contribution >= 0.6 is 0 Å². The highest BCUT2D eigenvalue weighted by molar-refractivity contribution is 7.89. The van der Waals surface area contributed by atoms with E-state index >= 15 is 0 Å². The van der Waals surface area contributed by atoms with Gasteiger partial charge in [-0.2, -0.15) is 0 Å². The lowest BCUT2D eigenvalue weighted by molar-refractivity contribution is -0.114. The molecule has 0 spiro atoms. The van der Waals surface area contributed by atoms with Gasteiger partial charge in [0.05, 0.1) is 10.8 Å². The molecule has 10 heavy (non-hydrogen) atoms. The topological polar surface area (TPSA) is 34.1 Å². The van der Waals surface area contributed by atoms with E-state index in [0.717, 1.165) is 0 Å². The Balaban J connectivity index is 2.91. The van der Waals surface area contributed by atoms with Crippen LogP contribution in [0.5, 0.6) is 0 Å². The molecule has 1 aliphatic rings. The normalized spacial score (nSPS) is 33.8. The second-order valence-electron chi connectivity index (χ2n) is 2.53. The fourth-order valence-electron chi connectivity index (χ4n) is 1.02.